The summed E-state index contributed by atoms with van der Waals surface area (Å²) in [6.45, 7) is 4.63. The van der Waals surface area contributed by atoms with Gasteiger partial charge in [0.25, 0.3) is 0 Å². The standard InChI is InChI=1S/C17H17Cl3O/c1-3-17(15-7-6-14(19)9-16(15)20)21-10-12-4-5-13(18)8-11(12)2/h4-9,17H,3,10H2,1-2H3. The van der Waals surface area contributed by atoms with Crippen LogP contribution in [0, 0.1) is 6.92 Å². The van der Waals surface area contributed by atoms with Gasteiger partial charge in [-0.15, -0.1) is 0 Å². The van der Waals surface area contributed by atoms with Crippen molar-refractivity contribution in [2.24, 2.45) is 0 Å². The average molecular weight is 344 g/mol. The summed E-state index contributed by atoms with van der Waals surface area (Å²) < 4.78 is 6.03. The van der Waals surface area contributed by atoms with E-state index in [4.69, 9.17) is 39.5 Å². The van der Waals surface area contributed by atoms with Gasteiger partial charge in [-0.3, -0.25) is 0 Å². The lowest BCUT2D eigenvalue weighted by Crippen LogP contribution is -2.05. The van der Waals surface area contributed by atoms with Crippen LogP contribution in [0.1, 0.15) is 36.1 Å². The molecule has 0 heterocycles. The van der Waals surface area contributed by atoms with E-state index in [1.54, 1.807) is 6.07 Å². The van der Waals surface area contributed by atoms with Crippen molar-refractivity contribution in [3.63, 3.8) is 0 Å². The molecule has 0 aliphatic heterocycles. The summed E-state index contributed by atoms with van der Waals surface area (Å²) in [5.41, 5.74) is 3.22. The molecule has 0 aliphatic carbocycles. The molecule has 0 bridgehead atoms. The summed E-state index contributed by atoms with van der Waals surface area (Å²) in [4.78, 5) is 0. The van der Waals surface area contributed by atoms with Gasteiger partial charge in [0.15, 0.2) is 0 Å². The highest BCUT2D eigenvalue weighted by molar-refractivity contribution is 6.35. The van der Waals surface area contributed by atoms with E-state index in [9.17, 15) is 0 Å². The lowest BCUT2D eigenvalue weighted by atomic mass is 10.1. The van der Waals surface area contributed by atoms with Gasteiger partial charge in [-0.2, -0.15) is 0 Å². The topological polar surface area (TPSA) is 9.23 Å². The van der Waals surface area contributed by atoms with E-state index in [2.05, 4.69) is 6.92 Å². The van der Waals surface area contributed by atoms with Gasteiger partial charge >= 0.3 is 0 Å². The first-order chi connectivity index (χ1) is 10.0. The second-order valence-electron chi connectivity index (χ2n) is 4.94. The summed E-state index contributed by atoms with van der Waals surface area (Å²) in [5.74, 6) is 0. The molecule has 1 atom stereocenters. The maximum absolute atomic E-state index is 6.25. The number of aryl methyl sites for hydroxylation is 1. The monoisotopic (exact) mass is 342 g/mol. The van der Waals surface area contributed by atoms with Crippen LogP contribution in [-0.4, -0.2) is 0 Å². The minimum atomic E-state index is -0.0511. The van der Waals surface area contributed by atoms with E-state index in [-0.39, 0.29) is 6.10 Å². The van der Waals surface area contributed by atoms with E-state index in [0.717, 1.165) is 28.1 Å². The van der Waals surface area contributed by atoms with E-state index in [1.165, 1.54) is 0 Å². The Kier molecular flexibility index (Phi) is 5.95. The number of benzene rings is 2. The van der Waals surface area contributed by atoms with Gasteiger partial charge in [-0.1, -0.05) is 53.9 Å². The summed E-state index contributed by atoms with van der Waals surface area (Å²) in [6, 6.07) is 11.3. The molecule has 0 aliphatic rings. The van der Waals surface area contributed by atoms with Gasteiger partial charge in [0, 0.05) is 15.1 Å². The molecule has 2 rings (SSSR count). The fourth-order valence-electron chi connectivity index (χ4n) is 2.20. The maximum Gasteiger partial charge on any atom is 0.0841 e. The Labute approximate surface area is 140 Å². The first-order valence-corrected chi connectivity index (χ1v) is 7.96. The van der Waals surface area contributed by atoms with Crippen LogP contribution in [0.4, 0.5) is 0 Å². The van der Waals surface area contributed by atoms with E-state index in [1.807, 2.05) is 37.3 Å². The van der Waals surface area contributed by atoms with Crippen molar-refractivity contribution in [3.8, 4) is 0 Å². The molecular weight excluding hydrogens is 327 g/mol. The van der Waals surface area contributed by atoms with Crippen LogP contribution in [0.5, 0.6) is 0 Å². The summed E-state index contributed by atoms with van der Waals surface area (Å²) in [6.07, 6.45) is 0.790. The van der Waals surface area contributed by atoms with Crippen LogP contribution in [0.25, 0.3) is 0 Å². The summed E-state index contributed by atoms with van der Waals surface area (Å²) in [5, 5.41) is 2.01. The molecular formula is C17H17Cl3O. The quantitative estimate of drug-likeness (QED) is 0.592. The molecule has 0 aromatic heterocycles. The Balaban J connectivity index is 2.12. The van der Waals surface area contributed by atoms with Crippen molar-refractivity contribution in [2.45, 2.75) is 33.0 Å². The Morgan fingerprint density at radius 3 is 2.29 bits per heavy atom. The number of hydrogen-bond donors (Lipinski definition) is 0. The zero-order valence-electron chi connectivity index (χ0n) is 12.0. The lowest BCUT2D eigenvalue weighted by Gasteiger charge is -2.19. The van der Waals surface area contributed by atoms with Gasteiger partial charge in [0.1, 0.15) is 0 Å². The maximum atomic E-state index is 6.25. The molecule has 0 radical (unpaired) electrons. The predicted molar refractivity (Wildman–Crippen MR) is 90.5 cm³/mol. The lowest BCUT2D eigenvalue weighted by molar-refractivity contribution is 0.0369. The molecule has 1 nitrogen and oxygen atoms in total. The molecule has 1 unspecified atom stereocenters. The number of halogens is 3. The van der Waals surface area contributed by atoms with Crippen LogP contribution in [-0.2, 0) is 11.3 Å². The Bertz CT molecular complexity index is 625. The minimum Gasteiger partial charge on any atom is -0.369 e. The van der Waals surface area contributed by atoms with Crippen molar-refractivity contribution in [3.05, 3.63) is 68.2 Å². The van der Waals surface area contributed by atoms with Gasteiger partial charge in [-0.25, -0.2) is 0 Å². The van der Waals surface area contributed by atoms with E-state index in [0.29, 0.717) is 16.7 Å². The first kappa shape index (κ1) is 16.6. The summed E-state index contributed by atoms with van der Waals surface area (Å²) in [7, 11) is 0. The largest absolute Gasteiger partial charge is 0.369 e. The molecule has 4 heteroatoms. The molecule has 0 amide bonds. The van der Waals surface area contributed by atoms with Crippen LogP contribution >= 0.6 is 34.8 Å². The number of hydrogen-bond acceptors (Lipinski definition) is 1. The number of rotatable bonds is 5. The molecule has 0 saturated heterocycles. The molecule has 21 heavy (non-hydrogen) atoms. The van der Waals surface area contributed by atoms with Gasteiger partial charge in [0.2, 0.25) is 0 Å². The van der Waals surface area contributed by atoms with Crippen LogP contribution in [0.2, 0.25) is 15.1 Å². The zero-order chi connectivity index (χ0) is 15.4. The highest BCUT2D eigenvalue weighted by Gasteiger charge is 2.14. The number of ether oxygens (including phenoxy) is 1. The molecule has 0 spiro atoms. The smallest absolute Gasteiger partial charge is 0.0841 e. The highest BCUT2D eigenvalue weighted by atomic mass is 35.5. The van der Waals surface area contributed by atoms with Crippen LogP contribution in [0.15, 0.2) is 36.4 Å². The van der Waals surface area contributed by atoms with Crippen molar-refractivity contribution >= 4 is 34.8 Å². The fraction of sp³-hybridized carbons (Fsp3) is 0.294. The van der Waals surface area contributed by atoms with Crippen LogP contribution < -0.4 is 0 Å². The molecule has 0 fully saturated rings. The second-order valence-corrected chi connectivity index (χ2v) is 6.22. The molecule has 2 aromatic rings. The third-order valence-electron chi connectivity index (χ3n) is 3.42. The average Bonchev–Trinajstić information content (AvgIpc) is 2.43. The van der Waals surface area contributed by atoms with E-state index >= 15 is 0 Å². The fourth-order valence-corrected chi connectivity index (χ4v) is 2.96. The summed E-state index contributed by atoms with van der Waals surface area (Å²) >= 11 is 18.2. The highest BCUT2D eigenvalue weighted by Crippen LogP contribution is 2.31. The van der Waals surface area contributed by atoms with Gasteiger partial charge < -0.3 is 4.74 Å². The zero-order valence-corrected chi connectivity index (χ0v) is 14.3. The van der Waals surface area contributed by atoms with Gasteiger partial charge in [0.05, 0.1) is 12.7 Å². The Morgan fingerprint density at radius 1 is 1.00 bits per heavy atom. The third-order valence-corrected chi connectivity index (χ3v) is 4.22. The van der Waals surface area contributed by atoms with E-state index < -0.39 is 0 Å². The van der Waals surface area contributed by atoms with Crippen molar-refractivity contribution < 1.29 is 4.74 Å². The molecule has 112 valence electrons. The SMILES string of the molecule is CCC(OCc1ccc(Cl)cc1C)c1ccc(Cl)cc1Cl. The first-order valence-electron chi connectivity index (χ1n) is 6.82. The molecule has 2 aromatic carbocycles. The third kappa shape index (κ3) is 4.37. The van der Waals surface area contributed by atoms with Crippen molar-refractivity contribution in [1.82, 2.24) is 0 Å². The van der Waals surface area contributed by atoms with Crippen molar-refractivity contribution in [2.75, 3.05) is 0 Å². The normalized spacial score (nSPS) is 12.4. The molecule has 0 N–H and O–H groups in total. The van der Waals surface area contributed by atoms with Crippen molar-refractivity contribution in [1.29, 1.82) is 0 Å². The Morgan fingerprint density at radius 2 is 1.67 bits per heavy atom. The Hall–Kier alpha value is -0.730. The van der Waals surface area contributed by atoms with Gasteiger partial charge in [-0.05, 0) is 54.3 Å². The second kappa shape index (κ2) is 7.51. The van der Waals surface area contributed by atoms with Crippen LogP contribution in [0.3, 0.4) is 0 Å². The minimum absolute atomic E-state index is 0.0511. The predicted octanol–water partition coefficient (Wildman–Crippen LogP) is 6.62. The molecule has 0 saturated carbocycles.